The van der Waals surface area contributed by atoms with Gasteiger partial charge in [0, 0.05) is 37.6 Å². The van der Waals surface area contributed by atoms with Crippen LogP contribution in [0.5, 0.6) is 11.5 Å². The number of carbonyl (C=O) groups excluding carboxylic acids is 1. The van der Waals surface area contributed by atoms with Crippen LogP contribution in [-0.2, 0) is 11.3 Å². The van der Waals surface area contributed by atoms with Gasteiger partial charge in [0.25, 0.3) is 0 Å². The first-order valence-corrected chi connectivity index (χ1v) is 10.7. The van der Waals surface area contributed by atoms with Crippen molar-refractivity contribution < 1.29 is 23.9 Å². The number of benzene rings is 2. The van der Waals surface area contributed by atoms with Crippen molar-refractivity contribution in [2.45, 2.75) is 58.8 Å². The Hall–Kier alpha value is -3.29. The van der Waals surface area contributed by atoms with Crippen molar-refractivity contribution in [1.82, 2.24) is 4.90 Å². The number of hydrogen-bond donors (Lipinski definition) is 0. The summed E-state index contributed by atoms with van der Waals surface area (Å²) in [6.07, 6.45) is 0.876. The van der Waals surface area contributed by atoms with E-state index >= 15 is 0 Å². The highest BCUT2D eigenvalue weighted by Crippen LogP contribution is 2.36. The lowest BCUT2D eigenvalue weighted by Crippen LogP contribution is -2.44. The molecule has 1 heterocycles. The van der Waals surface area contributed by atoms with Gasteiger partial charge in [-0.3, -0.25) is 10.1 Å². The average molecular weight is 443 g/mol. The third kappa shape index (κ3) is 6.35. The summed E-state index contributed by atoms with van der Waals surface area (Å²) in [6.45, 7) is 8.48. The fraction of sp³-hybridized carbons (Fsp3) is 0.458. The second-order valence-corrected chi connectivity index (χ2v) is 8.90. The summed E-state index contributed by atoms with van der Waals surface area (Å²) in [5.74, 6) is 0.701. The molecule has 0 saturated carbocycles. The van der Waals surface area contributed by atoms with Crippen molar-refractivity contribution in [1.29, 1.82) is 0 Å². The third-order valence-electron chi connectivity index (χ3n) is 5.06. The van der Waals surface area contributed by atoms with Crippen LogP contribution in [0, 0.1) is 17.0 Å². The van der Waals surface area contributed by atoms with E-state index in [1.165, 1.54) is 0 Å². The van der Waals surface area contributed by atoms with Gasteiger partial charge in [-0.15, -0.1) is 0 Å². The zero-order chi connectivity index (χ0) is 23.3. The number of nitrogens with zero attached hydrogens (tertiary/aromatic N) is 2. The second-order valence-electron chi connectivity index (χ2n) is 8.90. The van der Waals surface area contributed by atoms with E-state index in [4.69, 9.17) is 14.2 Å². The fourth-order valence-electron chi connectivity index (χ4n) is 3.54. The van der Waals surface area contributed by atoms with Crippen LogP contribution in [0.4, 0.5) is 10.5 Å². The average Bonchev–Trinajstić information content (AvgIpc) is 2.71. The summed E-state index contributed by atoms with van der Waals surface area (Å²) < 4.78 is 17.3. The first kappa shape index (κ1) is 23.4. The Balaban J connectivity index is 1.66. The van der Waals surface area contributed by atoms with E-state index in [-0.39, 0.29) is 30.2 Å². The van der Waals surface area contributed by atoms with Crippen molar-refractivity contribution >= 4 is 11.8 Å². The summed E-state index contributed by atoms with van der Waals surface area (Å²) in [5.41, 5.74) is 0.798. The molecule has 1 saturated heterocycles. The zero-order valence-electron chi connectivity index (χ0n) is 19.0. The minimum absolute atomic E-state index is 0.0620. The van der Waals surface area contributed by atoms with Crippen molar-refractivity contribution in [2.75, 3.05) is 13.1 Å². The molecule has 0 atom stereocenters. The Labute approximate surface area is 188 Å². The molecule has 2 aromatic rings. The molecule has 32 heavy (non-hydrogen) atoms. The standard InChI is InChI=1S/C24H30N2O6/c1-17-14-20(31-19-10-12-25(13-11-19)23(27)32-24(2,3)4)15-21(22(17)26(28)29)30-16-18-8-6-5-7-9-18/h5-9,14-15,19H,10-13,16H2,1-4H3. The van der Waals surface area contributed by atoms with E-state index in [1.807, 2.05) is 51.1 Å². The highest BCUT2D eigenvalue weighted by Gasteiger charge is 2.28. The molecule has 0 spiro atoms. The van der Waals surface area contributed by atoms with Crippen molar-refractivity contribution in [3.63, 3.8) is 0 Å². The van der Waals surface area contributed by atoms with Crippen molar-refractivity contribution in [3.8, 4) is 11.5 Å². The topological polar surface area (TPSA) is 91.1 Å². The molecule has 1 amide bonds. The molecular weight excluding hydrogens is 412 g/mol. The lowest BCUT2D eigenvalue weighted by Gasteiger charge is -2.33. The summed E-state index contributed by atoms with van der Waals surface area (Å²) in [5, 5.41) is 11.6. The Kier molecular flexibility index (Phi) is 7.22. The van der Waals surface area contributed by atoms with E-state index in [0.717, 1.165) is 5.56 Å². The molecule has 2 aromatic carbocycles. The van der Waals surface area contributed by atoms with Gasteiger partial charge in [0.15, 0.2) is 0 Å². The number of ether oxygens (including phenoxy) is 3. The van der Waals surface area contributed by atoms with Gasteiger partial charge in [0.2, 0.25) is 5.75 Å². The van der Waals surface area contributed by atoms with Crippen LogP contribution in [0.2, 0.25) is 0 Å². The first-order chi connectivity index (χ1) is 15.1. The highest BCUT2D eigenvalue weighted by atomic mass is 16.6. The third-order valence-corrected chi connectivity index (χ3v) is 5.06. The minimum atomic E-state index is -0.531. The summed E-state index contributed by atoms with van der Waals surface area (Å²) in [7, 11) is 0. The van der Waals surface area contributed by atoms with E-state index in [9.17, 15) is 14.9 Å². The largest absolute Gasteiger partial charge is 0.490 e. The van der Waals surface area contributed by atoms with Gasteiger partial charge in [-0.25, -0.2) is 4.79 Å². The number of carbonyl (C=O) groups is 1. The summed E-state index contributed by atoms with van der Waals surface area (Å²) in [4.78, 5) is 25.1. The van der Waals surface area contributed by atoms with Crippen molar-refractivity contribution in [3.05, 3.63) is 63.7 Å². The predicted molar refractivity (Wildman–Crippen MR) is 120 cm³/mol. The lowest BCUT2D eigenvalue weighted by atomic mass is 10.1. The van der Waals surface area contributed by atoms with Crippen molar-refractivity contribution in [2.24, 2.45) is 0 Å². The van der Waals surface area contributed by atoms with Gasteiger partial charge in [-0.05, 0) is 39.3 Å². The summed E-state index contributed by atoms with van der Waals surface area (Å²) >= 11 is 0. The molecular formula is C24H30N2O6. The Morgan fingerprint density at radius 2 is 1.81 bits per heavy atom. The molecule has 8 heteroatoms. The van der Waals surface area contributed by atoms with E-state index in [2.05, 4.69) is 0 Å². The molecule has 1 aliphatic heterocycles. The molecule has 8 nitrogen and oxygen atoms in total. The molecule has 1 aliphatic rings. The normalized spacial score (nSPS) is 14.7. The Morgan fingerprint density at radius 1 is 1.16 bits per heavy atom. The maximum absolute atomic E-state index is 12.2. The van der Waals surface area contributed by atoms with Crippen LogP contribution in [0.15, 0.2) is 42.5 Å². The van der Waals surface area contributed by atoms with Gasteiger partial charge in [-0.2, -0.15) is 0 Å². The van der Waals surface area contributed by atoms with Gasteiger partial charge in [0.1, 0.15) is 24.1 Å². The molecule has 1 fully saturated rings. The molecule has 172 valence electrons. The number of piperidine rings is 1. The van der Waals surface area contributed by atoms with Gasteiger partial charge in [0.05, 0.1) is 4.92 Å². The zero-order valence-corrected chi connectivity index (χ0v) is 19.0. The SMILES string of the molecule is Cc1cc(OC2CCN(C(=O)OC(C)(C)C)CC2)cc(OCc2ccccc2)c1[N+](=O)[O-]. The smallest absolute Gasteiger partial charge is 0.410 e. The molecule has 3 rings (SSSR count). The number of aryl methyl sites for hydroxylation is 1. The van der Waals surface area contributed by atoms with E-state index in [1.54, 1.807) is 24.0 Å². The van der Waals surface area contributed by atoms with Crippen LogP contribution in [-0.4, -0.2) is 40.7 Å². The molecule has 0 aliphatic carbocycles. The van der Waals surface area contributed by atoms with E-state index < -0.39 is 10.5 Å². The first-order valence-electron chi connectivity index (χ1n) is 10.7. The molecule has 0 unspecified atom stereocenters. The molecule has 0 bridgehead atoms. The molecule has 0 N–H and O–H groups in total. The van der Waals surface area contributed by atoms with Crippen LogP contribution in [0.1, 0.15) is 44.7 Å². The van der Waals surface area contributed by atoms with Crippen LogP contribution >= 0.6 is 0 Å². The molecule has 0 aromatic heterocycles. The number of hydrogen-bond acceptors (Lipinski definition) is 6. The van der Waals surface area contributed by atoms with Gasteiger partial charge < -0.3 is 19.1 Å². The van der Waals surface area contributed by atoms with Gasteiger partial charge in [-0.1, -0.05) is 30.3 Å². The van der Waals surface area contributed by atoms with Gasteiger partial charge >= 0.3 is 11.8 Å². The number of nitro benzene ring substituents is 1. The quantitative estimate of drug-likeness (QED) is 0.448. The number of amides is 1. The monoisotopic (exact) mass is 442 g/mol. The van der Waals surface area contributed by atoms with Crippen LogP contribution in [0.25, 0.3) is 0 Å². The molecule has 0 radical (unpaired) electrons. The summed E-state index contributed by atoms with van der Waals surface area (Å²) in [6, 6.07) is 12.7. The number of rotatable bonds is 6. The van der Waals surface area contributed by atoms with Crippen LogP contribution < -0.4 is 9.47 Å². The lowest BCUT2D eigenvalue weighted by molar-refractivity contribution is -0.386. The second kappa shape index (κ2) is 9.89. The maximum Gasteiger partial charge on any atom is 0.410 e. The minimum Gasteiger partial charge on any atom is -0.490 e. The van der Waals surface area contributed by atoms with Crippen LogP contribution in [0.3, 0.4) is 0 Å². The van der Waals surface area contributed by atoms with E-state index in [0.29, 0.717) is 37.2 Å². The maximum atomic E-state index is 12.2. The Morgan fingerprint density at radius 3 is 2.41 bits per heavy atom. The fourth-order valence-corrected chi connectivity index (χ4v) is 3.54. The predicted octanol–water partition coefficient (Wildman–Crippen LogP) is 5.26. The number of nitro groups is 1. The highest BCUT2D eigenvalue weighted by molar-refractivity contribution is 5.68. The Bertz CT molecular complexity index is 947. The number of likely N-dealkylation sites (tertiary alicyclic amines) is 1.